The van der Waals surface area contributed by atoms with E-state index in [9.17, 15) is 26.4 Å². The van der Waals surface area contributed by atoms with Gasteiger partial charge in [0.2, 0.25) is 5.91 Å². The van der Waals surface area contributed by atoms with E-state index in [0.29, 0.717) is 16.8 Å². The summed E-state index contributed by atoms with van der Waals surface area (Å²) in [5, 5.41) is 2.60. The van der Waals surface area contributed by atoms with Gasteiger partial charge in [0.1, 0.15) is 6.54 Å². The Labute approximate surface area is 213 Å². The average Bonchev–Trinajstić information content (AvgIpc) is 2.82. The Morgan fingerprint density at radius 1 is 0.972 bits per heavy atom. The average molecular weight is 539 g/mol. The van der Waals surface area contributed by atoms with Crippen LogP contribution in [0.5, 0.6) is 0 Å². The molecule has 0 radical (unpaired) electrons. The van der Waals surface area contributed by atoms with Gasteiger partial charge in [-0.3, -0.25) is 9.10 Å². The Hall–Kier alpha value is -3.04. The first kappa shape index (κ1) is 27.5. The number of nitrogens with zero attached hydrogens (tertiary/aromatic N) is 1. The Balaban J connectivity index is 2.03. The number of anilines is 1. The normalized spacial score (nSPS) is 12.9. The Kier molecular flexibility index (Phi) is 8.68. The first-order valence-electron chi connectivity index (χ1n) is 11.2. The van der Waals surface area contributed by atoms with E-state index in [2.05, 4.69) is 5.32 Å². The number of nitrogens with one attached hydrogen (secondary N) is 1. The van der Waals surface area contributed by atoms with E-state index in [4.69, 9.17) is 11.6 Å². The number of hydrogen-bond acceptors (Lipinski definition) is 3. The maximum Gasteiger partial charge on any atom is 0.416 e. The van der Waals surface area contributed by atoms with Crippen LogP contribution >= 0.6 is 11.6 Å². The number of halogens is 4. The van der Waals surface area contributed by atoms with Crippen LogP contribution in [-0.4, -0.2) is 20.9 Å². The van der Waals surface area contributed by atoms with Gasteiger partial charge >= 0.3 is 6.18 Å². The zero-order valence-electron chi connectivity index (χ0n) is 19.7. The Bertz CT molecular complexity index is 1280. The number of rotatable bonds is 9. The summed E-state index contributed by atoms with van der Waals surface area (Å²) in [5.74, 6) is -0.477. The van der Waals surface area contributed by atoms with Crippen LogP contribution in [0, 0.1) is 5.92 Å². The van der Waals surface area contributed by atoms with Gasteiger partial charge in [0.15, 0.2) is 0 Å². The van der Waals surface area contributed by atoms with E-state index in [-0.39, 0.29) is 15.8 Å². The molecule has 0 bridgehead atoms. The van der Waals surface area contributed by atoms with Crippen molar-refractivity contribution in [3.63, 3.8) is 0 Å². The van der Waals surface area contributed by atoms with E-state index in [1.165, 1.54) is 24.3 Å². The topological polar surface area (TPSA) is 66.5 Å². The van der Waals surface area contributed by atoms with Gasteiger partial charge in [-0.05, 0) is 48.2 Å². The third-order valence-electron chi connectivity index (χ3n) is 5.40. The summed E-state index contributed by atoms with van der Waals surface area (Å²) in [6, 6.07) is 18.3. The number of sulfonamides is 1. The molecule has 36 heavy (non-hydrogen) atoms. The molecule has 3 aromatic rings. The van der Waals surface area contributed by atoms with Crippen molar-refractivity contribution in [3.05, 3.63) is 95.0 Å². The van der Waals surface area contributed by atoms with Crippen LogP contribution in [0.15, 0.2) is 83.8 Å². The number of hydrogen-bond donors (Lipinski definition) is 1. The van der Waals surface area contributed by atoms with Gasteiger partial charge in [-0.25, -0.2) is 8.42 Å². The standard InChI is InChI=1S/C26H26ClF3N2O3S/c1-18(2)15-23(19-9-5-3-6-10-19)31-25(33)17-32(36(34,35)21-11-7-4-8-12-21)24-16-20(26(28,29)30)13-14-22(24)27/h3-14,16,18,23H,15,17H2,1-2H3,(H,31,33)/t23-/m0/s1. The molecule has 0 heterocycles. The molecule has 1 amide bonds. The van der Waals surface area contributed by atoms with E-state index in [1.54, 1.807) is 6.07 Å². The van der Waals surface area contributed by atoms with Gasteiger partial charge in [-0.1, -0.05) is 74.0 Å². The molecule has 10 heteroatoms. The van der Waals surface area contributed by atoms with Crippen molar-refractivity contribution >= 4 is 33.2 Å². The second kappa shape index (κ2) is 11.3. The number of carbonyl (C=O) groups excluding carboxylic acids is 1. The maximum atomic E-state index is 13.5. The summed E-state index contributed by atoms with van der Waals surface area (Å²) in [4.78, 5) is 13.0. The minimum Gasteiger partial charge on any atom is -0.348 e. The molecule has 0 aliphatic heterocycles. The lowest BCUT2D eigenvalue weighted by Gasteiger charge is -2.27. The van der Waals surface area contributed by atoms with E-state index in [1.807, 2.05) is 44.2 Å². The first-order chi connectivity index (χ1) is 16.9. The second-order valence-corrected chi connectivity index (χ2v) is 10.9. The van der Waals surface area contributed by atoms with Crippen LogP contribution in [0.2, 0.25) is 5.02 Å². The summed E-state index contributed by atoms with van der Waals surface area (Å²) in [5.41, 5.74) is -0.697. The van der Waals surface area contributed by atoms with Crippen molar-refractivity contribution in [3.8, 4) is 0 Å². The Morgan fingerprint density at radius 3 is 2.11 bits per heavy atom. The van der Waals surface area contributed by atoms with Gasteiger partial charge in [-0.2, -0.15) is 13.2 Å². The number of amides is 1. The molecule has 0 saturated heterocycles. The smallest absolute Gasteiger partial charge is 0.348 e. The van der Waals surface area contributed by atoms with Crippen molar-refractivity contribution in [1.29, 1.82) is 0 Å². The maximum absolute atomic E-state index is 13.5. The van der Waals surface area contributed by atoms with Crippen molar-refractivity contribution in [2.45, 2.75) is 37.4 Å². The molecular weight excluding hydrogens is 513 g/mol. The molecule has 0 unspecified atom stereocenters. The lowest BCUT2D eigenvalue weighted by atomic mass is 9.97. The summed E-state index contributed by atoms with van der Waals surface area (Å²) in [7, 11) is -4.44. The minimum absolute atomic E-state index is 0.187. The quantitative estimate of drug-likeness (QED) is 0.340. The molecular formula is C26H26ClF3N2O3S. The molecule has 0 saturated carbocycles. The third-order valence-corrected chi connectivity index (χ3v) is 7.50. The van der Waals surface area contributed by atoms with Crippen molar-refractivity contribution in [2.75, 3.05) is 10.8 Å². The SMILES string of the molecule is CC(C)C[C@H](NC(=O)CN(c1cc(C(F)(F)F)ccc1Cl)S(=O)(=O)c1ccccc1)c1ccccc1. The van der Waals surface area contributed by atoms with Crippen LogP contribution in [0.4, 0.5) is 18.9 Å². The Morgan fingerprint density at radius 2 is 1.56 bits per heavy atom. The van der Waals surface area contributed by atoms with Crippen molar-refractivity contribution in [1.82, 2.24) is 5.32 Å². The molecule has 1 N–H and O–H groups in total. The van der Waals surface area contributed by atoms with Gasteiger partial charge < -0.3 is 5.32 Å². The van der Waals surface area contributed by atoms with Gasteiger partial charge in [0.05, 0.1) is 27.2 Å². The molecule has 0 aliphatic carbocycles. The van der Waals surface area contributed by atoms with E-state index in [0.717, 1.165) is 17.7 Å². The van der Waals surface area contributed by atoms with Crippen molar-refractivity contribution in [2.24, 2.45) is 5.92 Å². The molecule has 3 rings (SSSR count). The fraction of sp³-hybridized carbons (Fsp3) is 0.269. The number of benzene rings is 3. The largest absolute Gasteiger partial charge is 0.416 e. The van der Waals surface area contributed by atoms with Crippen LogP contribution in [0.1, 0.15) is 37.4 Å². The lowest BCUT2D eigenvalue weighted by molar-refractivity contribution is -0.137. The predicted molar refractivity (Wildman–Crippen MR) is 134 cm³/mol. The molecule has 3 aromatic carbocycles. The summed E-state index contributed by atoms with van der Waals surface area (Å²) in [6.45, 7) is 3.20. The van der Waals surface area contributed by atoms with Crippen molar-refractivity contribution < 1.29 is 26.4 Å². The lowest BCUT2D eigenvalue weighted by Crippen LogP contribution is -2.42. The van der Waals surface area contributed by atoms with Gasteiger partial charge in [0.25, 0.3) is 10.0 Å². The van der Waals surface area contributed by atoms with Gasteiger partial charge in [0, 0.05) is 0 Å². The van der Waals surface area contributed by atoms with E-state index < -0.39 is 45.9 Å². The fourth-order valence-electron chi connectivity index (χ4n) is 3.70. The molecule has 5 nitrogen and oxygen atoms in total. The number of carbonyl (C=O) groups is 1. The zero-order valence-corrected chi connectivity index (χ0v) is 21.2. The fourth-order valence-corrected chi connectivity index (χ4v) is 5.43. The minimum atomic E-state index is -4.74. The van der Waals surface area contributed by atoms with Crippen LogP contribution in [0.25, 0.3) is 0 Å². The third kappa shape index (κ3) is 6.79. The molecule has 192 valence electrons. The van der Waals surface area contributed by atoms with Crippen LogP contribution in [-0.2, 0) is 21.0 Å². The number of alkyl halides is 3. The predicted octanol–water partition coefficient (Wildman–Crippen LogP) is 6.46. The monoisotopic (exact) mass is 538 g/mol. The second-order valence-electron chi connectivity index (χ2n) is 8.65. The highest BCUT2D eigenvalue weighted by atomic mass is 35.5. The molecule has 0 aromatic heterocycles. The van der Waals surface area contributed by atoms with Gasteiger partial charge in [-0.15, -0.1) is 0 Å². The van der Waals surface area contributed by atoms with Crippen LogP contribution < -0.4 is 9.62 Å². The summed E-state index contributed by atoms with van der Waals surface area (Å²) < 4.78 is 68.0. The van der Waals surface area contributed by atoms with Crippen LogP contribution in [0.3, 0.4) is 0 Å². The summed E-state index contributed by atoms with van der Waals surface area (Å²) >= 11 is 6.18. The van der Waals surface area contributed by atoms with E-state index >= 15 is 0 Å². The molecule has 0 spiro atoms. The highest BCUT2D eigenvalue weighted by molar-refractivity contribution is 7.92. The molecule has 0 aliphatic rings. The molecule has 0 fully saturated rings. The highest BCUT2D eigenvalue weighted by Gasteiger charge is 2.34. The molecule has 1 atom stereocenters. The highest BCUT2D eigenvalue weighted by Crippen LogP contribution is 2.37. The summed E-state index contributed by atoms with van der Waals surface area (Å²) in [6.07, 6.45) is -4.16. The first-order valence-corrected chi connectivity index (χ1v) is 13.0. The zero-order chi connectivity index (χ0) is 26.5.